The van der Waals surface area contributed by atoms with Gasteiger partial charge in [0.2, 0.25) is 5.95 Å². The Hall–Kier alpha value is -2.37. The smallest absolute Gasteiger partial charge is 0.239 e. The standard InChI is InChI=1S/C15H14ClN5/c16-11-5-3-4-10(8-11)9-18-14-12-6-1-2-7-13(12)19-15(20-14)21-17/h1-8H,9,17H2,(H2,18,19,20,21). The third kappa shape index (κ3) is 3.04. The number of aromatic nitrogens is 2. The first-order valence-electron chi connectivity index (χ1n) is 6.48. The van der Waals surface area contributed by atoms with E-state index in [0.29, 0.717) is 17.5 Å². The lowest BCUT2D eigenvalue weighted by Crippen LogP contribution is -2.12. The zero-order valence-electron chi connectivity index (χ0n) is 11.2. The van der Waals surface area contributed by atoms with Gasteiger partial charge < -0.3 is 5.32 Å². The molecule has 0 aliphatic carbocycles. The van der Waals surface area contributed by atoms with Crippen molar-refractivity contribution in [2.24, 2.45) is 5.84 Å². The highest BCUT2D eigenvalue weighted by molar-refractivity contribution is 6.30. The number of nitrogen functional groups attached to an aromatic ring is 1. The molecule has 0 amide bonds. The SMILES string of the molecule is NNc1nc(NCc2cccc(Cl)c2)c2ccccc2n1. The second-order valence-corrected chi connectivity index (χ2v) is 4.98. The van der Waals surface area contributed by atoms with Crippen LogP contribution < -0.4 is 16.6 Å². The molecular weight excluding hydrogens is 286 g/mol. The number of hydrogen-bond donors (Lipinski definition) is 3. The minimum absolute atomic E-state index is 0.377. The maximum Gasteiger partial charge on any atom is 0.239 e. The van der Waals surface area contributed by atoms with Crippen molar-refractivity contribution in [3.05, 3.63) is 59.1 Å². The Labute approximate surface area is 127 Å². The molecule has 21 heavy (non-hydrogen) atoms. The number of halogens is 1. The van der Waals surface area contributed by atoms with Gasteiger partial charge in [-0.2, -0.15) is 4.98 Å². The van der Waals surface area contributed by atoms with Crippen LogP contribution >= 0.6 is 11.6 Å². The minimum Gasteiger partial charge on any atom is -0.365 e. The van der Waals surface area contributed by atoms with Crippen molar-refractivity contribution in [3.8, 4) is 0 Å². The van der Waals surface area contributed by atoms with Crippen molar-refractivity contribution < 1.29 is 0 Å². The third-order valence-electron chi connectivity index (χ3n) is 3.08. The van der Waals surface area contributed by atoms with E-state index in [1.807, 2.05) is 48.5 Å². The van der Waals surface area contributed by atoms with Crippen molar-refractivity contribution >= 4 is 34.3 Å². The van der Waals surface area contributed by atoms with Crippen LogP contribution in [-0.4, -0.2) is 9.97 Å². The van der Waals surface area contributed by atoms with Crippen LogP contribution in [-0.2, 0) is 6.54 Å². The summed E-state index contributed by atoms with van der Waals surface area (Å²) in [5.74, 6) is 6.52. The van der Waals surface area contributed by atoms with Crippen molar-refractivity contribution in [1.29, 1.82) is 0 Å². The molecule has 5 nitrogen and oxygen atoms in total. The first-order chi connectivity index (χ1) is 10.3. The summed E-state index contributed by atoms with van der Waals surface area (Å²) in [4.78, 5) is 8.68. The van der Waals surface area contributed by atoms with E-state index in [0.717, 1.165) is 22.3 Å². The fraction of sp³-hybridized carbons (Fsp3) is 0.0667. The van der Waals surface area contributed by atoms with E-state index in [1.165, 1.54) is 0 Å². The van der Waals surface area contributed by atoms with Crippen LogP contribution in [0.2, 0.25) is 5.02 Å². The number of nitrogens with one attached hydrogen (secondary N) is 2. The highest BCUT2D eigenvalue weighted by Crippen LogP contribution is 2.22. The van der Waals surface area contributed by atoms with E-state index >= 15 is 0 Å². The van der Waals surface area contributed by atoms with Gasteiger partial charge in [0, 0.05) is 17.0 Å². The molecule has 0 saturated heterocycles. The predicted octanol–water partition coefficient (Wildman–Crippen LogP) is 3.18. The Bertz CT molecular complexity index is 775. The van der Waals surface area contributed by atoms with E-state index < -0.39 is 0 Å². The van der Waals surface area contributed by atoms with Crippen LogP contribution in [0.1, 0.15) is 5.56 Å². The number of hydrazine groups is 1. The maximum atomic E-state index is 5.99. The lowest BCUT2D eigenvalue weighted by atomic mass is 10.2. The van der Waals surface area contributed by atoms with Gasteiger partial charge in [0.05, 0.1) is 5.52 Å². The summed E-state index contributed by atoms with van der Waals surface area (Å²) in [6.45, 7) is 0.617. The summed E-state index contributed by atoms with van der Waals surface area (Å²) in [7, 11) is 0. The summed E-state index contributed by atoms with van der Waals surface area (Å²) in [6.07, 6.45) is 0. The van der Waals surface area contributed by atoms with Crippen LogP contribution in [0.3, 0.4) is 0 Å². The Balaban J connectivity index is 1.92. The van der Waals surface area contributed by atoms with Crippen LogP contribution in [0, 0.1) is 0 Å². The summed E-state index contributed by atoms with van der Waals surface area (Å²) < 4.78 is 0. The molecule has 1 aromatic heterocycles. The number of rotatable bonds is 4. The molecular formula is C15H14ClN5. The lowest BCUT2D eigenvalue weighted by Gasteiger charge is -2.10. The zero-order chi connectivity index (χ0) is 14.7. The van der Waals surface area contributed by atoms with Crippen LogP contribution in [0.15, 0.2) is 48.5 Å². The molecule has 106 valence electrons. The topological polar surface area (TPSA) is 75.9 Å². The molecule has 0 fully saturated rings. The highest BCUT2D eigenvalue weighted by atomic mass is 35.5. The van der Waals surface area contributed by atoms with Gasteiger partial charge in [0.1, 0.15) is 5.82 Å². The third-order valence-corrected chi connectivity index (χ3v) is 3.32. The normalized spacial score (nSPS) is 10.6. The first-order valence-corrected chi connectivity index (χ1v) is 6.86. The molecule has 1 heterocycles. The second-order valence-electron chi connectivity index (χ2n) is 4.54. The van der Waals surface area contributed by atoms with Gasteiger partial charge in [-0.1, -0.05) is 35.9 Å². The number of nitrogens with zero attached hydrogens (tertiary/aromatic N) is 2. The zero-order valence-corrected chi connectivity index (χ0v) is 11.9. The predicted molar refractivity (Wildman–Crippen MR) is 86.1 cm³/mol. The Kier molecular flexibility index (Phi) is 3.85. The number of benzene rings is 2. The average Bonchev–Trinajstić information content (AvgIpc) is 2.52. The largest absolute Gasteiger partial charge is 0.365 e. The quantitative estimate of drug-likeness (QED) is 0.509. The van der Waals surface area contributed by atoms with Gasteiger partial charge in [-0.3, -0.25) is 5.43 Å². The summed E-state index contributed by atoms with van der Waals surface area (Å²) >= 11 is 5.99. The summed E-state index contributed by atoms with van der Waals surface area (Å²) in [6, 6.07) is 15.5. The number of nitrogens with two attached hydrogens (primary N) is 1. The molecule has 0 spiro atoms. The molecule has 0 saturated carbocycles. The lowest BCUT2D eigenvalue weighted by molar-refractivity contribution is 1.09. The summed E-state index contributed by atoms with van der Waals surface area (Å²) in [5, 5.41) is 4.96. The number of anilines is 2. The molecule has 0 aliphatic heterocycles. The molecule has 0 bridgehead atoms. The van der Waals surface area contributed by atoms with Gasteiger partial charge >= 0.3 is 0 Å². The number of fused-ring (bicyclic) bond motifs is 1. The number of hydrogen-bond acceptors (Lipinski definition) is 5. The molecule has 0 unspecified atom stereocenters. The molecule has 3 rings (SSSR count). The van der Waals surface area contributed by atoms with Gasteiger partial charge in [-0.15, -0.1) is 0 Å². The molecule has 0 radical (unpaired) electrons. The fourth-order valence-electron chi connectivity index (χ4n) is 2.11. The van der Waals surface area contributed by atoms with Gasteiger partial charge in [0.25, 0.3) is 0 Å². The monoisotopic (exact) mass is 299 g/mol. The van der Waals surface area contributed by atoms with Crippen LogP contribution in [0.4, 0.5) is 11.8 Å². The Morgan fingerprint density at radius 2 is 1.90 bits per heavy atom. The van der Waals surface area contributed by atoms with Crippen molar-refractivity contribution in [2.45, 2.75) is 6.54 Å². The van der Waals surface area contributed by atoms with Gasteiger partial charge in [0.15, 0.2) is 0 Å². The van der Waals surface area contributed by atoms with Gasteiger partial charge in [-0.25, -0.2) is 10.8 Å². The Morgan fingerprint density at radius 1 is 1.05 bits per heavy atom. The molecule has 0 atom stereocenters. The van der Waals surface area contributed by atoms with E-state index in [4.69, 9.17) is 17.4 Å². The molecule has 3 aromatic rings. The van der Waals surface area contributed by atoms with Crippen molar-refractivity contribution in [1.82, 2.24) is 9.97 Å². The van der Waals surface area contributed by atoms with Crippen molar-refractivity contribution in [3.63, 3.8) is 0 Å². The molecule has 4 N–H and O–H groups in total. The molecule has 0 aliphatic rings. The van der Waals surface area contributed by atoms with E-state index in [9.17, 15) is 0 Å². The van der Waals surface area contributed by atoms with E-state index in [2.05, 4.69) is 20.7 Å². The maximum absolute atomic E-state index is 5.99. The van der Waals surface area contributed by atoms with Crippen molar-refractivity contribution in [2.75, 3.05) is 10.7 Å². The molecule has 2 aromatic carbocycles. The fourth-order valence-corrected chi connectivity index (χ4v) is 2.32. The first kappa shape index (κ1) is 13.6. The molecule has 6 heteroatoms. The van der Waals surface area contributed by atoms with Crippen LogP contribution in [0.5, 0.6) is 0 Å². The second kappa shape index (κ2) is 5.95. The number of para-hydroxylation sites is 1. The van der Waals surface area contributed by atoms with Gasteiger partial charge in [-0.05, 0) is 29.8 Å². The summed E-state index contributed by atoms with van der Waals surface area (Å²) in [5.41, 5.74) is 4.39. The highest BCUT2D eigenvalue weighted by Gasteiger charge is 2.06. The average molecular weight is 300 g/mol. The minimum atomic E-state index is 0.377. The van der Waals surface area contributed by atoms with E-state index in [1.54, 1.807) is 0 Å². The Morgan fingerprint density at radius 3 is 2.71 bits per heavy atom. The van der Waals surface area contributed by atoms with Crippen LogP contribution in [0.25, 0.3) is 10.9 Å². The van der Waals surface area contributed by atoms with E-state index in [-0.39, 0.29) is 0 Å².